The molecule has 0 radical (unpaired) electrons. The molecular formula is C13H27N3. The monoisotopic (exact) mass is 225 g/mol. The number of nitrogens with two attached hydrogens (primary N) is 1. The van der Waals surface area contributed by atoms with Crippen LogP contribution in [-0.2, 0) is 0 Å². The van der Waals surface area contributed by atoms with Crippen molar-refractivity contribution in [2.45, 2.75) is 57.5 Å². The van der Waals surface area contributed by atoms with Crippen molar-refractivity contribution in [3.8, 4) is 0 Å². The van der Waals surface area contributed by atoms with Gasteiger partial charge in [0.2, 0.25) is 0 Å². The maximum atomic E-state index is 5.74. The third-order valence-electron chi connectivity index (χ3n) is 4.21. The maximum absolute atomic E-state index is 5.74. The lowest BCUT2D eigenvalue weighted by atomic mass is 9.81. The van der Waals surface area contributed by atoms with Crippen LogP contribution in [0.15, 0.2) is 12.7 Å². The summed E-state index contributed by atoms with van der Waals surface area (Å²) in [6, 6.07) is 0.318. The summed E-state index contributed by atoms with van der Waals surface area (Å²) in [5.41, 5.74) is 3.22. The number of likely N-dealkylation sites (tertiary alicyclic amines) is 1. The molecule has 0 aromatic rings. The van der Waals surface area contributed by atoms with Crippen molar-refractivity contribution in [1.29, 1.82) is 0 Å². The van der Waals surface area contributed by atoms with Gasteiger partial charge in [0.25, 0.3) is 0 Å². The van der Waals surface area contributed by atoms with Crippen molar-refractivity contribution >= 4 is 0 Å². The highest BCUT2D eigenvalue weighted by Crippen LogP contribution is 2.32. The third kappa shape index (κ3) is 2.47. The molecule has 0 aromatic carbocycles. The molecule has 0 saturated carbocycles. The SMILES string of the molecule is C=CCC(NN)C(CC)(CC)N1CCCC1. The fourth-order valence-electron chi connectivity index (χ4n) is 3.18. The van der Waals surface area contributed by atoms with Gasteiger partial charge in [-0.3, -0.25) is 16.2 Å². The van der Waals surface area contributed by atoms with E-state index in [4.69, 9.17) is 5.84 Å². The lowest BCUT2D eigenvalue weighted by Crippen LogP contribution is -2.61. The molecule has 0 aliphatic carbocycles. The van der Waals surface area contributed by atoms with Crippen molar-refractivity contribution in [3.05, 3.63) is 12.7 Å². The summed E-state index contributed by atoms with van der Waals surface area (Å²) >= 11 is 0. The minimum atomic E-state index is 0.208. The van der Waals surface area contributed by atoms with E-state index >= 15 is 0 Å². The molecule has 3 N–H and O–H groups in total. The van der Waals surface area contributed by atoms with E-state index < -0.39 is 0 Å². The number of nitrogens with zero attached hydrogens (tertiary/aromatic N) is 1. The molecule has 1 atom stereocenters. The zero-order valence-corrected chi connectivity index (χ0v) is 10.8. The van der Waals surface area contributed by atoms with Gasteiger partial charge in [-0.1, -0.05) is 19.9 Å². The van der Waals surface area contributed by atoms with Gasteiger partial charge in [0.1, 0.15) is 0 Å². The van der Waals surface area contributed by atoms with E-state index in [1.807, 2.05) is 6.08 Å². The van der Waals surface area contributed by atoms with Crippen LogP contribution in [0, 0.1) is 0 Å². The summed E-state index contributed by atoms with van der Waals surface area (Å²) in [7, 11) is 0. The Labute approximate surface area is 100 Å². The van der Waals surface area contributed by atoms with Crippen LogP contribution in [0.2, 0.25) is 0 Å². The molecule has 16 heavy (non-hydrogen) atoms. The predicted octanol–water partition coefficient (Wildman–Crippen LogP) is 2.05. The highest BCUT2D eigenvalue weighted by molar-refractivity contribution is 5.01. The van der Waals surface area contributed by atoms with Crippen molar-refractivity contribution in [3.63, 3.8) is 0 Å². The Morgan fingerprint density at radius 2 is 1.94 bits per heavy atom. The molecule has 0 spiro atoms. The Morgan fingerprint density at radius 1 is 1.38 bits per heavy atom. The molecule has 0 aromatic heterocycles. The normalized spacial score (nSPS) is 19.9. The van der Waals surface area contributed by atoms with Crippen LogP contribution in [0.4, 0.5) is 0 Å². The summed E-state index contributed by atoms with van der Waals surface area (Å²) in [6.45, 7) is 10.8. The Bertz CT molecular complexity index is 205. The molecule has 1 heterocycles. The van der Waals surface area contributed by atoms with E-state index in [2.05, 4.69) is 30.8 Å². The Morgan fingerprint density at radius 3 is 2.31 bits per heavy atom. The molecule has 1 saturated heterocycles. The van der Waals surface area contributed by atoms with E-state index in [-0.39, 0.29) is 5.54 Å². The van der Waals surface area contributed by atoms with Crippen LogP contribution in [0.25, 0.3) is 0 Å². The van der Waals surface area contributed by atoms with E-state index in [0.29, 0.717) is 6.04 Å². The van der Waals surface area contributed by atoms with Crippen LogP contribution < -0.4 is 11.3 Å². The van der Waals surface area contributed by atoms with E-state index in [9.17, 15) is 0 Å². The van der Waals surface area contributed by atoms with Gasteiger partial charge in [0.15, 0.2) is 0 Å². The van der Waals surface area contributed by atoms with Crippen molar-refractivity contribution in [2.75, 3.05) is 13.1 Å². The largest absolute Gasteiger partial charge is 0.296 e. The number of hydrogen-bond acceptors (Lipinski definition) is 3. The highest BCUT2D eigenvalue weighted by atomic mass is 15.3. The average molecular weight is 225 g/mol. The fraction of sp³-hybridized carbons (Fsp3) is 0.846. The highest BCUT2D eigenvalue weighted by Gasteiger charge is 2.40. The molecule has 0 bridgehead atoms. The molecule has 1 fully saturated rings. The van der Waals surface area contributed by atoms with E-state index in [0.717, 1.165) is 19.3 Å². The quantitative estimate of drug-likeness (QED) is 0.396. The molecule has 3 heteroatoms. The van der Waals surface area contributed by atoms with Crippen LogP contribution in [0.1, 0.15) is 46.0 Å². The summed E-state index contributed by atoms with van der Waals surface area (Å²) in [6.07, 6.45) is 7.86. The molecule has 3 nitrogen and oxygen atoms in total. The zero-order chi connectivity index (χ0) is 12.0. The van der Waals surface area contributed by atoms with Gasteiger partial charge in [-0.25, -0.2) is 0 Å². The van der Waals surface area contributed by atoms with Crippen molar-refractivity contribution in [2.24, 2.45) is 5.84 Å². The van der Waals surface area contributed by atoms with Gasteiger partial charge in [-0.15, -0.1) is 6.58 Å². The van der Waals surface area contributed by atoms with Crippen LogP contribution >= 0.6 is 0 Å². The minimum absolute atomic E-state index is 0.208. The lowest BCUT2D eigenvalue weighted by Gasteiger charge is -2.46. The fourth-order valence-corrected chi connectivity index (χ4v) is 3.18. The number of rotatable bonds is 7. The molecule has 1 aliphatic heterocycles. The smallest absolute Gasteiger partial charge is 0.0428 e. The zero-order valence-electron chi connectivity index (χ0n) is 10.8. The van der Waals surface area contributed by atoms with Gasteiger partial charge >= 0.3 is 0 Å². The Hall–Kier alpha value is -0.380. The van der Waals surface area contributed by atoms with Crippen LogP contribution in [-0.4, -0.2) is 29.6 Å². The molecule has 1 aliphatic rings. The molecule has 0 amide bonds. The van der Waals surface area contributed by atoms with Crippen molar-refractivity contribution < 1.29 is 0 Å². The first-order chi connectivity index (χ1) is 7.75. The first-order valence-electron chi connectivity index (χ1n) is 6.57. The second-order valence-electron chi connectivity index (χ2n) is 4.75. The van der Waals surface area contributed by atoms with Gasteiger partial charge in [0.05, 0.1) is 0 Å². The van der Waals surface area contributed by atoms with Gasteiger partial charge in [-0.2, -0.15) is 0 Å². The van der Waals surface area contributed by atoms with Crippen molar-refractivity contribution in [1.82, 2.24) is 10.3 Å². The third-order valence-corrected chi connectivity index (χ3v) is 4.21. The maximum Gasteiger partial charge on any atom is 0.0428 e. The van der Waals surface area contributed by atoms with E-state index in [1.165, 1.54) is 25.9 Å². The topological polar surface area (TPSA) is 41.3 Å². The second kappa shape index (κ2) is 6.38. The number of hydrogen-bond donors (Lipinski definition) is 2. The molecular weight excluding hydrogens is 198 g/mol. The first-order valence-corrected chi connectivity index (χ1v) is 6.57. The van der Waals surface area contributed by atoms with Crippen LogP contribution in [0.5, 0.6) is 0 Å². The molecule has 1 unspecified atom stereocenters. The van der Waals surface area contributed by atoms with Gasteiger partial charge in [-0.05, 0) is 45.2 Å². The second-order valence-corrected chi connectivity index (χ2v) is 4.75. The summed E-state index contributed by atoms with van der Waals surface area (Å²) in [4.78, 5) is 2.63. The number of nitrogens with one attached hydrogen (secondary N) is 1. The Kier molecular flexibility index (Phi) is 5.46. The van der Waals surface area contributed by atoms with Gasteiger partial charge < -0.3 is 0 Å². The summed E-state index contributed by atoms with van der Waals surface area (Å²) < 4.78 is 0. The first kappa shape index (κ1) is 13.7. The molecule has 1 rings (SSSR count). The molecule has 94 valence electrons. The van der Waals surface area contributed by atoms with Gasteiger partial charge in [0, 0.05) is 11.6 Å². The average Bonchev–Trinajstić information content (AvgIpc) is 2.84. The number of hydrazine groups is 1. The predicted molar refractivity (Wildman–Crippen MR) is 70.0 cm³/mol. The minimum Gasteiger partial charge on any atom is -0.296 e. The summed E-state index contributed by atoms with van der Waals surface area (Å²) in [5.74, 6) is 5.74. The Balaban J connectivity index is 2.86. The van der Waals surface area contributed by atoms with Crippen LogP contribution in [0.3, 0.4) is 0 Å². The summed E-state index contributed by atoms with van der Waals surface area (Å²) in [5, 5.41) is 0. The standard InChI is InChI=1S/C13H27N3/c1-4-9-12(15-14)13(5-2,6-3)16-10-7-8-11-16/h4,12,15H,1,5-11,14H2,2-3H3. The van der Waals surface area contributed by atoms with E-state index in [1.54, 1.807) is 0 Å². The lowest BCUT2D eigenvalue weighted by molar-refractivity contribution is 0.0631.